The number of piperazine rings is 1. The molecule has 0 radical (unpaired) electrons. The first kappa shape index (κ1) is 14.6. The van der Waals surface area contributed by atoms with Crippen molar-refractivity contribution in [2.45, 2.75) is 18.9 Å². The van der Waals surface area contributed by atoms with Crippen molar-refractivity contribution in [3.8, 4) is 11.5 Å². The van der Waals surface area contributed by atoms with E-state index in [2.05, 4.69) is 10.2 Å². The zero-order valence-electron chi connectivity index (χ0n) is 12.3. The maximum atomic E-state index is 9.84. The summed E-state index contributed by atoms with van der Waals surface area (Å²) in [6.45, 7) is 5.68. The summed E-state index contributed by atoms with van der Waals surface area (Å²) < 4.78 is 5.50. The van der Waals surface area contributed by atoms with Crippen molar-refractivity contribution in [2.75, 3.05) is 39.4 Å². The number of benzene rings is 1. The van der Waals surface area contributed by atoms with Crippen LogP contribution in [-0.2, 0) is 4.74 Å². The number of ether oxygens (including phenoxy) is 1. The molecule has 0 amide bonds. The third-order valence-corrected chi connectivity index (χ3v) is 4.60. The predicted octanol–water partition coefficient (Wildman–Crippen LogP) is 1.47. The molecule has 116 valence electrons. The molecule has 2 aliphatic rings. The van der Waals surface area contributed by atoms with E-state index in [0.29, 0.717) is 12.0 Å². The van der Waals surface area contributed by atoms with Gasteiger partial charge in [0.15, 0.2) is 11.5 Å². The van der Waals surface area contributed by atoms with E-state index < -0.39 is 0 Å². The molecule has 2 fully saturated rings. The van der Waals surface area contributed by atoms with E-state index in [4.69, 9.17) is 4.74 Å². The lowest BCUT2D eigenvalue weighted by molar-refractivity contribution is 0.0212. The minimum absolute atomic E-state index is 0.0281. The molecule has 3 N–H and O–H groups in total. The fraction of sp³-hybridized carbons (Fsp3) is 0.625. The highest BCUT2D eigenvalue weighted by Crippen LogP contribution is 2.38. The minimum Gasteiger partial charge on any atom is -0.504 e. The molecule has 2 heterocycles. The molecule has 1 aromatic carbocycles. The van der Waals surface area contributed by atoms with E-state index in [9.17, 15) is 10.2 Å². The molecule has 3 rings (SSSR count). The van der Waals surface area contributed by atoms with Crippen LogP contribution in [0.1, 0.15) is 24.4 Å². The Morgan fingerprint density at radius 1 is 1.10 bits per heavy atom. The first-order chi connectivity index (χ1) is 10.3. The van der Waals surface area contributed by atoms with Crippen molar-refractivity contribution in [3.63, 3.8) is 0 Å². The van der Waals surface area contributed by atoms with Crippen molar-refractivity contribution >= 4 is 0 Å². The number of nitrogens with zero attached hydrogens (tertiary/aromatic N) is 1. The number of aromatic hydroxyl groups is 2. The van der Waals surface area contributed by atoms with Gasteiger partial charge in [0.1, 0.15) is 0 Å². The van der Waals surface area contributed by atoms with Crippen molar-refractivity contribution in [1.82, 2.24) is 10.2 Å². The third kappa shape index (κ3) is 3.31. The highest BCUT2D eigenvalue weighted by Gasteiger charge is 2.31. The van der Waals surface area contributed by atoms with Crippen LogP contribution in [0.4, 0.5) is 0 Å². The van der Waals surface area contributed by atoms with Crippen LogP contribution in [0.2, 0.25) is 0 Å². The predicted molar refractivity (Wildman–Crippen MR) is 80.5 cm³/mol. The van der Waals surface area contributed by atoms with Gasteiger partial charge in [0.05, 0.1) is 0 Å². The quantitative estimate of drug-likeness (QED) is 0.736. The molecule has 5 heteroatoms. The Morgan fingerprint density at radius 3 is 2.48 bits per heavy atom. The average Bonchev–Trinajstić information content (AvgIpc) is 2.53. The van der Waals surface area contributed by atoms with Crippen LogP contribution in [0.15, 0.2) is 18.2 Å². The van der Waals surface area contributed by atoms with Crippen LogP contribution in [-0.4, -0.2) is 54.5 Å². The molecule has 0 aromatic heterocycles. The molecule has 0 spiro atoms. The zero-order valence-corrected chi connectivity index (χ0v) is 12.3. The second kappa shape index (κ2) is 6.64. The van der Waals surface area contributed by atoms with E-state index in [-0.39, 0.29) is 11.5 Å². The number of hydrogen-bond donors (Lipinski definition) is 3. The van der Waals surface area contributed by atoms with Crippen LogP contribution >= 0.6 is 0 Å². The van der Waals surface area contributed by atoms with Gasteiger partial charge in [-0.25, -0.2) is 0 Å². The number of rotatable bonds is 3. The molecular formula is C16H24N2O3. The van der Waals surface area contributed by atoms with E-state index in [1.54, 1.807) is 12.1 Å². The minimum atomic E-state index is -0.0511. The smallest absolute Gasteiger partial charge is 0.157 e. The van der Waals surface area contributed by atoms with Gasteiger partial charge in [0, 0.05) is 45.4 Å². The highest BCUT2D eigenvalue weighted by atomic mass is 16.5. The van der Waals surface area contributed by atoms with Crippen LogP contribution in [0, 0.1) is 5.92 Å². The molecule has 21 heavy (non-hydrogen) atoms. The topological polar surface area (TPSA) is 65.0 Å². The molecule has 0 saturated carbocycles. The van der Waals surface area contributed by atoms with Crippen LogP contribution in [0.5, 0.6) is 11.5 Å². The molecule has 0 bridgehead atoms. The number of hydrogen-bond acceptors (Lipinski definition) is 5. The van der Waals surface area contributed by atoms with Gasteiger partial charge in [0.2, 0.25) is 0 Å². The lowest BCUT2D eigenvalue weighted by Crippen LogP contribution is -2.47. The summed E-state index contributed by atoms with van der Waals surface area (Å²) in [5.41, 5.74) is 1.10. The molecule has 0 aliphatic carbocycles. The highest BCUT2D eigenvalue weighted by molar-refractivity contribution is 5.41. The zero-order chi connectivity index (χ0) is 14.7. The Labute approximate surface area is 125 Å². The first-order valence-corrected chi connectivity index (χ1v) is 7.80. The molecule has 2 saturated heterocycles. The van der Waals surface area contributed by atoms with Crippen LogP contribution in [0.25, 0.3) is 0 Å². The van der Waals surface area contributed by atoms with E-state index >= 15 is 0 Å². The maximum absolute atomic E-state index is 9.84. The van der Waals surface area contributed by atoms with Crippen molar-refractivity contribution in [3.05, 3.63) is 23.8 Å². The summed E-state index contributed by atoms with van der Waals surface area (Å²) in [6, 6.07) is 5.55. The average molecular weight is 292 g/mol. The molecule has 1 aromatic rings. The van der Waals surface area contributed by atoms with Gasteiger partial charge < -0.3 is 20.3 Å². The normalized spacial score (nSPS) is 23.0. The van der Waals surface area contributed by atoms with Gasteiger partial charge in [0.25, 0.3) is 0 Å². The van der Waals surface area contributed by atoms with Gasteiger partial charge in [-0.2, -0.15) is 0 Å². The van der Waals surface area contributed by atoms with Gasteiger partial charge in [-0.3, -0.25) is 4.90 Å². The number of phenolic OH excluding ortho intramolecular Hbond substituents is 2. The van der Waals surface area contributed by atoms with Gasteiger partial charge in [-0.1, -0.05) is 6.07 Å². The van der Waals surface area contributed by atoms with Gasteiger partial charge in [-0.15, -0.1) is 0 Å². The fourth-order valence-corrected chi connectivity index (χ4v) is 3.50. The molecular weight excluding hydrogens is 268 g/mol. The summed E-state index contributed by atoms with van der Waals surface area (Å²) in [5.74, 6) is 0.463. The lowest BCUT2D eigenvalue weighted by Gasteiger charge is -2.41. The Kier molecular flexibility index (Phi) is 4.63. The molecule has 0 unspecified atom stereocenters. The summed E-state index contributed by atoms with van der Waals surface area (Å²) in [6.07, 6.45) is 2.10. The van der Waals surface area contributed by atoms with E-state index in [0.717, 1.165) is 57.8 Å². The summed E-state index contributed by atoms with van der Waals surface area (Å²) in [7, 11) is 0. The second-order valence-electron chi connectivity index (χ2n) is 5.93. The maximum Gasteiger partial charge on any atom is 0.157 e. The van der Waals surface area contributed by atoms with E-state index in [1.165, 1.54) is 0 Å². The first-order valence-electron chi connectivity index (χ1n) is 7.80. The van der Waals surface area contributed by atoms with E-state index in [1.807, 2.05) is 6.07 Å². The standard InChI is InChI=1S/C16H24N2O3/c19-14-2-1-13(11-15(14)20)16(12-3-9-21-10-4-12)18-7-5-17-6-8-18/h1-2,11-12,16-17,19-20H,3-10H2/t16-/m1/s1. The second-order valence-corrected chi connectivity index (χ2v) is 5.93. The fourth-order valence-electron chi connectivity index (χ4n) is 3.50. The molecule has 1 atom stereocenters. The Hall–Kier alpha value is -1.30. The lowest BCUT2D eigenvalue weighted by atomic mass is 9.85. The summed E-state index contributed by atoms with van der Waals surface area (Å²) >= 11 is 0. The van der Waals surface area contributed by atoms with Gasteiger partial charge >= 0.3 is 0 Å². The van der Waals surface area contributed by atoms with Gasteiger partial charge in [-0.05, 0) is 36.5 Å². The Bertz CT molecular complexity index is 451. The number of nitrogens with one attached hydrogen (secondary N) is 1. The summed E-state index contributed by atoms with van der Waals surface area (Å²) in [4.78, 5) is 2.50. The van der Waals surface area contributed by atoms with Crippen molar-refractivity contribution in [2.24, 2.45) is 5.92 Å². The number of phenols is 2. The Morgan fingerprint density at radius 2 is 1.81 bits per heavy atom. The van der Waals surface area contributed by atoms with Crippen molar-refractivity contribution < 1.29 is 14.9 Å². The monoisotopic (exact) mass is 292 g/mol. The molecule has 5 nitrogen and oxygen atoms in total. The van der Waals surface area contributed by atoms with Crippen LogP contribution < -0.4 is 5.32 Å². The largest absolute Gasteiger partial charge is 0.504 e. The summed E-state index contributed by atoms with van der Waals surface area (Å²) in [5, 5.41) is 22.8. The third-order valence-electron chi connectivity index (χ3n) is 4.60. The SMILES string of the molecule is Oc1ccc([C@@H](C2CCOCC2)N2CCNCC2)cc1O. The van der Waals surface area contributed by atoms with Crippen LogP contribution in [0.3, 0.4) is 0 Å². The van der Waals surface area contributed by atoms with Crippen molar-refractivity contribution in [1.29, 1.82) is 0 Å². The molecule has 2 aliphatic heterocycles. The Balaban J connectivity index is 1.87.